The van der Waals surface area contributed by atoms with Crippen molar-refractivity contribution in [3.8, 4) is 6.07 Å². The molecule has 1 fully saturated rings. The van der Waals surface area contributed by atoms with Crippen LogP contribution in [0.4, 0.5) is 0 Å². The normalized spacial score (nSPS) is 14.8. The van der Waals surface area contributed by atoms with Gasteiger partial charge in [-0.1, -0.05) is 48.5 Å². The fourth-order valence-corrected chi connectivity index (χ4v) is 3.58. The average molecular weight is 326 g/mol. The van der Waals surface area contributed by atoms with Crippen LogP contribution in [0.1, 0.15) is 18.4 Å². The van der Waals surface area contributed by atoms with Crippen molar-refractivity contribution in [3.63, 3.8) is 0 Å². The van der Waals surface area contributed by atoms with Gasteiger partial charge in [0.15, 0.2) is 0 Å². The highest BCUT2D eigenvalue weighted by Crippen LogP contribution is 2.30. The van der Waals surface area contributed by atoms with Crippen LogP contribution in [0.5, 0.6) is 0 Å². The minimum Gasteiger partial charge on any atom is -0.338 e. The maximum atomic E-state index is 12.7. The largest absolute Gasteiger partial charge is 0.338 e. The lowest BCUT2D eigenvalue weighted by Crippen LogP contribution is -2.28. The summed E-state index contributed by atoms with van der Waals surface area (Å²) < 4.78 is 0. The van der Waals surface area contributed by atoms with Gasteiger partial charge >= 0.3 is 0 Å². The molecular formula is C22H18N2O. The van der Waals surface area contributed by atoms with E-state index in [1.807, 2.05) is 36.4 Å². The van der Waals surface area contributed by atoms with Crippen LogP contribution in [-0.2, 0) is 4.79 Å². The highest BCUT2D eigenvalue weighted by Gasteiger charge is 2.22. The van der Waals surface area contributed by atoms with Crippen LogP contribution in [0, 0.1) is 11.3 Å². The molecule has 0 spiro atoms. The number of fused-ring (bicyclic) bond motifs is 2. The molecule has 0 unspecified atom stereocenters. The second kappa shape index (κ2) is 6.41. The number of amides is 1. The van der Waals surface area contributed by atoms with Crippen LogP contribution in [0.2, 0.25) is 0 Å². The van der Waals surface area contributed by atoms with Crippen LogP contribution in [0.25, 0.3) is 27.6 Å². The van der Waals surface area contributed by atoms with Gasteiger partial charge in [0.2, 0.25) is 0 Å². The molecule has 1 aliphatic rings. The van der Waals surface area contributed by atoms with E-state index in [0.717, 1.165) is 53.0 Å². The summed E-state index contributed by atoms with van der Waals surface area (Å²) >= 11 is 0. The molecule has 1 aliphatic heterocycles. The third-order valence-corrected chi connectivity index (χ3v) is 4.85. The topological polar surface area (TPSA) is 44.1 Å². The quantitative estimate of drug-likeness (QED) is 0.395. The van der Waals surface area contributed by atoms with Gasteiger partial charge in [-0.15, -0.1) is 0 Å². The summed E-state index contributed by atoms with van der Waals surface area (Å²) in [5, 5.41) is 13.9. The summed E-state index contributed by atoms with van der Waals surface area (Å²) in [4.78, 5) is 14.5. The molecule has 0 aromatic heterocycles. The molecule has 0 aliphatic carbocycles. The van der Waals surface area contributed by atoms with Crippen LogP contribution in [-0.4, -0.2) is 23.9 Å². The Labute approximate surface area is 146 Å². The molecule has 3 aromatic rings. The Morgan fingerprint density at radius 3 is 2.08 bits per heavy atom. The number of nitriles is 1. The number of hydrogen-bond donors (Lipinski definition) is 0. The van der Waals surface area contributed by atoms with Gasteiger partial charge in [0.05, 0.1) is 0 Å². The first-order valence-electron chi connectivity index (χ1n) is 8.59. The average Bonchev–Trinajstić information content (AvgIpc) is 3.19. The van der Waals surface area contributed by atoms with Crippen LogP contribution in [0.3, 0.4) is 0 Å². The summed E-state index contributed by atoms with van der Waals surface area (Å²) in [6, 6.07) is 20.5. The zero-order chi connectivity index (χ0) is 17.2. The lowest BCUT2D eigenvalue weighted by Gasteiger charge is -2.15. The number of benzene rings is 3. The van der Waals surface area contributed by atoms with E-state index < -0.39 is 0 Å². The van der Waals surface area contributed by atoms with E-state index >= 15 is 0 Å². The Bertz CT molecular complexity index is 983. The monoisotopic (exact) mass is 326 g/mol. The minimum absolute atomic E-state index is 0.156. The number of carbonyl (C=O) groups is 1. The van der Waals surface area contributed by atoms with Crippen molar-refractivity contribution < 1.29 is 4.79 Å². The van der Waals surface area contributed by atoms with E-state index in [1.165, 1.54) is 0 Å². The standard InChI is InChI=1S/C22H18N2O/c23-15-18(22(25)24-11-5-6-12-24)14-21-19-9-3-1-7-16(19)13-17-8-2-4-10-20(17)21/h1-4,7-10,13-14H,5-6,11-12H2/b18-14+. The van der Waals surface area contributed by atoms with Gasteiger partial charge in [-0.2, -0.15) is 5.26 Å². The first kappa shape index (κ1) is 15.4. The molecule has 1 heterocycles. The third kappa shape index (κ3) is 2.77. The lowest BCUT2D eigenvalue weighted by atomic mass is 9.95. The molecule has 3 heteroatoms. The number of hydrogen-bond acceptors (Lipinski definition) is 2. The van der Waals surface area contributed by atoms with E-state index in [4.69, 9.17) is 0 Å². The van der Waals surface area contributed by atoms with Gasteiger partial charge < -0.3 is 4.90 Å². The number of nitrogens with zero attached hydrogens (tertiary/aromatic N) is 2. The predicted octanol–water partition coefficient (Wildman–Crippen LogP) is 4.52. The molecule has 1 saturated heterocycles. The zero-order valence-electron chi connectivity index (χ0n) is 13.9. The molecule has 3 aromatic carbocycles. The fraction of sp³-hybridized carbons (Fsp3) is 0.182. The van der Waals surface area contributed by atoms with Crippen molar-refractivity contribution in [2.45, 2.75) is 12.8 Å². The van der Waals surface area contributed by atoms with Gasteiger partial charge in [0, 0.05) is 13.1 Å². The second-order valence-electron chi connectivity index (χ2n) is 6.40. The smallest absolute Gasteiger partial charge is 0.264 e. The Morgan fingerprint density at radius 2 is 1.52 bits per heavy atom. The Morgan fingerprint density at radius 1 is 0.960 bits per heavy atom. The molecule has 122 valence electrons. The minimum atomic E-state index is -0.156. The first-order chi connectivity index (χ1) is 12.3. The van der Waals surface area contributed by atoms with Gasteiger partial charge in [-0.05, 0) is 52.1 Å². The van der Waals surface area contributed by atoms with E-state index in [0.29, 0.717) is 0 Å². The van der Waals surface area contributed by atoms with E-state index in [2.05, 4.69) is 24.3 Å². The molecule has 0 radical (unpaired) electrons. The summed E-state index contributed by atoms with van der Waals surface area (Å²) in [6.07, 6.45) is 3.80. The van der Waals surface area contributed by atoms with Gasteiger partial charge in [-0.3, -0.25) is 4.79 Å². The van der Waals surface area contributed by atoms with E-state index in [-0.39, 0.29) is 11.5 Å². The Balaban J connectivity index is 1.94. The second-order valence-corrected chi connectivity index (χ2v) is 6.40. The summed E-state index contributed by atoms with van der Waals surface area (Å²) in [7, 11) is 0. The van der Waals surface area contributed by atoms with Gasteiger partial charge in [0.25, 0.3) is 5.91 Å². The maximum absolute atomic E-state index is 12.7. The number of rotatable bonds is 2. The molecule has 4 rings (SSSR count). The van der Waals surface area contributed by atoms with Crippen LogP contribution in [0.15, 0.2) is 60.2 Å². The SMILES string of the molecule is N#C/C(=C\c1c2ccccc2cc2ccccc12)C(=O)N1CCCC1. The van der Waals surface area contributed by atoms with Crippen molar-refractivity contribution in [1.29, 1.82) is 5.26 Å². The summed E-state index contributed by atoms with van der Waals surface area (Å²) in [6.45, 7) is 1.49. The molecule has 25 heavy (non-hydrogen) atoms. The van der Waals surface area contributed by atoms with Crippen LogP contribution >= 0.6 is 0 Å². The van der Waals surface area contributed by atoms with Crippen molar-refractivity contribution in [2.24, 2.45) is 0 Å². The summed E-state index contributed by atoms with van der Waals surface area (Å²) in [5.41, 5.74) is 1.15. The van der Waals surface area contributed by atoms with E-state index in [1.54, 1.807) is 11.0 Å². The van der Waals surface area contributed by atoms with Gasteiger partial charge in [-0.25, -0.2) is 0 Å². The summed E-state index contributed by atoms with van der Waals surface area (Å²) in [5.74, 6) is -0.156. The number of likely N-dealkylation sites (tertiary alicyclic amines) is 1. The van der Waals surface area contributed by atoms with Crippen LogP contribution < -0.4 is 0 Å². The lowest BCUT2D eigenvalue weighted by molar-refractivity contribution is -0.125. The van der Waals surface area contributed by atoms with E-state index in [9.17, 15) is 10.1 Å². The Kier molecular flexibility index (Phi) is 3.95. The third-order valence-electron chi connectivity index (χ3n) is 4.85. The molecule has 1 amide bonds. The highest BCUT2D eigenvalue weighted by molar-refractivity contribution is 6.11. The predicted molar refractivity (Wildman–Crippen MR) is 101 cm³/mol. The molecule has 3 nitrogen and oxygen atoms in total. The van der Waals surface area contributed by atoms with Crippen molar-refractivity contribution in [2.75, 3.05) is 13.1 Å². The Hall–Kier alpha value is -3.12. The first-order valence-corrected chi connectivity index (χ1v) is 8.59. The van der Waals surface area contributed by atoms with Crippen molar-refractivity contribution >= 4 is 33.5 Å². The fourth-order valence-electron chi connectivity index (χ4n) is 3.58. The highest BCUT2D eigenvalue weighted by atomic mass is 16.2. The molecule has 0 N–H and O–H groups in total. The zero-order valence-corrected chi connectivity index (χ0v) is 13.9. The molecule has 0 saturated carbocycles. The van der Waals surface area contributed by atoms with Crippen molar-refractivity contribution in [3.05, 3.63) is 65.7 Å². The number of carbonyl (C=O) groups excluding carboxylic acids is 1. The maximum Gasteiger partial charge on any atom is 0.264 e. The van der Waals surface area contributed by atoms with Crippen molar-refractivity contribution in [1.82, 2.24) is 4.90 Å². The van der Waals surface area contributed by atoms with Gasteiger partial charge in [0.1, 0.15) is 11.6 Å². The molecule has 0 bridgehead atoms. The molecule has 0 atom stereocenters. The molecular weight excluding hydrogens is 308 g/mol.